The number of rotatable bonds is 2. The minimum atomic E-state index is -1.09. The summed E-state index contributed by atoms with van der Waals surface area (Å²) in [5.74, 6) is -1.69. The van der Waals surface area contributed by atoms with E-state index in [2.05, 4.69) is 0 Å². The molecule has 0 unspecified atom stereocenters. The molecule has 1 aromatic carbocycles. The van der Waals surface area contributed by atoms with Gasteiger partial charge >= 0.3 is 0 Å². The van der Waals surface area contributed by atoms with E-state index in [4.69, 9.17) is 22.4 Å². The van der Waals surface area contributed by atoms with Gasteiger partial charge in [-0.3, -0.25) is 0 Å². The number of hydrogen-bond acceptors (Lipinski definition) is 2. The van der Waals surface area contributed by atoms with Gasteiger partial charge < -0.3 is 10.8 Å². The molecule has 0 aliphatic heterocycles. The van der Waals surface area contributed by atoms with Crippen LogP contribution in [0.3, 0.4) is 0 Å². The van der Waals surface area contributed by atoms with Gasteiger partial charge in [0.1, 0.15) is 11.6 Å². The molecule has 0 spiro atoms. The van der Waals surface area contributed by atoms with Crippen LogP contribution in [0.1, 0.15) is 18.5 Å². The van der Waals surface area contributed by atoms with Crippen molar-refractivity contribution in [2.75, 3.05) is 0 Å². The highest BCUT2D eigenvalue weighted by atomic mass is 35.5. The fourth-order valence-corrected chi connectivity index (χ4v) is 1.30. The van der Waals surface area contributed by atoms with Gasteiger partial charge in [0, 0.05) is 10.6 Å². The van der Waals surface area contributed by atoms with E-state index in [1.54, 1.807) is 0 Å². The Morgan fingerprint density at radius 1 is 1.36 bits per heavy atom. The molecule has 0 aromatic heterocycles. The third kappa shape index (κ3) is 2.20. The Balaban J connectivity index is 3.20. The number of aliphatic hydroxyl groups excluding tert-OH is 1. The van der Waals surface area contributed by atoms with E-state index in [0.717, 1.165) is 12.1 Å². The van der Waals surface area contributed by atoms with Crippen LogP contribution in [0.15, 0.2) is 12.1 Å². The lowest BCUT2D eigenvalue weighted by atomic mass is 10.0. The maximum Gasteiger partial charge on any atom is 0.132 e. The smallest absolute Gasteiger partial charge is 0.132 e. The second-order valence-corrected chi connectivity index (χ2v) is 3.49. The lowest BCUT2D eigenvalue weighted by Gasteiger charge is -2.16. The molecule has 3 N–H and O–H groups in total. The van der Waals surface area contributed by atoms with Crippen molar-refractivity contribution >= 4 is 11.6 Å². The normalized spacial score (nSPS) is 15.3. The van der Waals surface area contributed by atoms with Crippen molar-refractivity contribution < 1.29 is 13.9 Å². The van der Waals surface area contributed by atoms with Crippen LogP contribution in [0.4, 0.5) is 8.78 Å². The van der Waals surface area contributed by atoms with Crippen molar-refractivity contribution in [2.24, 2.45) is 5.73 Å². The van der Waals surface area contributed by atoms with Gasteiger partial charge in [0.25, 0.3) is 0 Å². The number of benzene rings is 1. The molecule has 2 atom stereocenters. The lowest BCUT2D eigenvalue weighted by molar-refractivity contribution is 0.160. The summed E-state index contributed by atoms with van der Waals surface area (Å²) in [4.78, 5) is 0. The Bertz CT molecular complexity index is 321. The summed E-state index contributed by atoms with van der Waals surface area (Å²) in [5.41, 5.74) is 5.07. The Hall–Kier alpha value is -0.710. The first-order chi connectivity index (χ1) is 6.43. The van der Waals surface area contributed by atoms with Gasteiger partial charge in [0.05, 0.1) is 12.1 Å². The van der Waals surface area contributed by atoms with E-state index in [0.29, 0.717) is 0 Å². The van der Waals surface area contributed by atoms with Crippen molar-refractivity contribution in [3.63, 3.8) is 0 Å². The van der Waals surface area contributed by atoms with Gasteiger partial charge in [-0.15, -0.1) is 0 Å². The highest BCUT2D eigenvalue weighted by Crippen LogP contribution is 2.24. The maximum atomic E-state index is 13.2. The van der Waals surface area contributed by atoms with Crippen LogP contribution in [-0.4, -0.2) is 11.2 Å². The first kappa shape index (κ1) is 11.4. The lowest BCUT2D eigenvalue weighted by Crippen LogP contribution is -2.25. The van der Waals surface area contributed by atoms with E-state index >= 15 is 0 Å². The molecule has 0 bridgehead atoms. The molecule has 1 aromatic rings. The molecule has 14 heavy (non-hydrogen) atoms. The summed E-state index contributed by atoms with van der Waals surface area (Å²) in [6, 6.07) is 0.831. The molecular formula is C9H10ClF2NO. The maximum absolute atomic E-state index is 13.2. The highest BCUT2D eigenvalue weighted by molar-refractivity contribution is 6.30. The summed E-state index contributed by atoms with van der Waals surface area (Å²) in [7, 11) is 0. The van der Waals surface area contributed by atoms with E-state index in [1.807, 2.05) is 0 Å². The largest absolute Gasteiger partial charge is 0.391 e. The summed E-state index contributed by atoms with van der Waals surface area (Å²) >= 11 is 5.42. The molecule has 5 heteroatoms. The third-order valence-corrected chi connectivity index (χ3v) is 2.12. The van der Waals surface area contributed by atoms with E-state index < -0.39 is 23.8 Å². The van der Waals surface area contributed by atoms with Crippen molar-refractivity contribution in [2.45, 2.75) is 19.1 Å². The first-order valence-corrected chi connectivity index (χ1v) is 4.39. The van der Waals surface area contributed by atoms with Gasteiger partial charge in [-0.25, -0.2) is 8.78 Å². The summed E-state index contributed by atoms with van der Waals surface area (Å²) in [6.45, 7) is 1.36. The van der Waals surface area contributed by atoms with Gasteiger partial charge in [-0.05, 0) is 19.1 Å². The average Bonchev–Trinajstić information content (AvgIpc) is 2.01. The molecule has 0 radical (unpaired) electrons. The second-order valence-electron chi connectivity index (χ2n) is 3.05. The Morgan fingerprint density at radius 3 is 2.14 bits per heavy atom. The first-order valence-electron chi connectivity index (χ1n) is 4.01. The van der Waals surface area contributed by atoms with Crippen LogP contribution in [-0.2, 0) is 0 Å². The third-order valence-electron chi connectivity index (χ3n) is 1.90. The van der Waals surface area contributed by atoms with Gasteiger partial charge in [0.15, 0.2) is 0 Å². The zero-order valence-electron chi connectivity index (χ0n) is 7.47. The number of aliphatic hydroxyl groups is 1. The number of nitrogens with two attached hydrogens (primary N) is 1. The summed E-state index contributed by atoms with van der Waals surface area (Å²) < 4.78 is 26.4. The second kappa shape index (κ2) is 4.21. The van der Waals surface area contributed by atoms with Gasteiger partial charge in [-0.2, -0.15) is 0 Å². The molecule has 0 aliphatic rings. The monoisotopic (exact) mass is 221 g/mol. The van der Waals surface area contributed by atoms with Crippen molar-refractivity contribution in [3.8, 4) is 0 Å². The van der Waals surface area contributed by atoms with E-state index in [-0.39, 0.29) is 10.6 Å². The predicted octanol–water partition coefficient (Wildman–Crippen LogP) is 2.00. The molecule has 0 amide bonds. The van der Waals surface area contributed by atoms with Gasteiger partial charge in [-0.1, -0.05) is 11.6 Å². The summed E-state index contributed by atoms with van der Waals surface area (Å²) in [6.07, 6.45) is -1.03. The van der Waals surface area contributed by atoms with Crippen molar-refractivity contribution in [3.05, 3.63) is 34.4 Å². The topological polar surface area (TPSA) is 46.2 Å². The molecule has 2 nitrogen and oxygen atoms in total. The SMILES string of the molecule is C[C@H](O)[C@@H](N)c1c(F)cc(Cl)cc1F. The van der Waals surface area contributed by atoms with E-state index in [1.165, 1.54) is 6.92 Å². The van der Waals surface area contributed by atoms with Crippen molar-refractivity contribution in [1.29, 1.82) is 0 Å². The molecule has 0 heterocycles. The quantitative estimate of drug-likeness (QED) is 0.803. The molecule has 1 rings (SSSR count). The van der Waals surface area contributed by atoms with Crippen LogP contribution in [0, 0.1) is 11.6 Å². The Morgan fingerprint density at radius 2 is 1.79 bits per heavy atom. The Labute approximate surface area is 85.3 Å². The summed E-state index contributed by atoms with van der Waals surface area (Å²) in [5, 5.41) is 9.06. The van der Waals surface area contributed by atoms with E-state index in [9.17, 15) is 8.78 Å². The fourth-order valence-electron chi connectivity index (χ4n) is 1.11. The van der Waals surface area contributed by atoms with Crippen LogP contribution in [0.5, 0.6) is 0 Å². The van der Waals surface area contributed by atoms with Crippen LogP contribution in [0.2, 0.25) is 5.02 Å². The minimum Gasteiger partial charge on any atom is -0.391 e. The average molecular weight is 222 g/mol. The zero-order valence-corrected chi connectivity index (χ0v) is 8.22. The van der Waals surface area contributed by atoms with Crippen LogP contribution in [0.25, 0.3) is 0 Å². The minimum absolute atomic E-state index is 0.0402. The highest BCUT2D eigenvalue weighted by Gasteiger charge is 2.21. The van der Waals surface area contributed by atoms with Crippen molar-refractivity contribution in [1.82, 2.24) is 0 Å². The molecule has 0 saturated carbocycles. The van der Waals surface area contributed by atoms with Gasteiger partial charge in [0.2, 0.25) is 0 Å². The zero-order chi connectivity index (χ0) is 10.9. The van der Waals surface area contributed by atoms with Crippen LogP contribution >= 0.6 is 11.6 Å². The molecule has 0 aliphatic carbocycles. The molecule has 0 saturated heterocycles. The number of hydrogen-bond donors (Lipinski definition) is 2. The molecule has 78 valence electrons. The standard InChI is InChI=1S/C9H10ClF2NO/c1-4(14)9(13)8-6(11)2-5(10)3-7(8)12/h2-4,9,14H,13H2,1H3/t4-,9+/m0/s1. The Kier molecular flexibility index (Phi) is 3.42. The number of halogens is 3. The fraction of sp³-hybridized carbons (Fsp3) is 0.333. The predicted molar refractivity (Wildman–Crippen MR) is 50.0 cm³/mol. The molecular weight excluding hydrogens is 212 g/mol. The van der Waals surface area contributed by atoms with Crippen LogP contribution < -0.4 is 5.73 Å². The molecule has 0 fully saturated rings.